The molecule has 1 aromatic rings. The summed E-state index contributed by atoms with van der Waals surface area (Å²) < 4.78 is 0. The van der Waals surface area contributed by atoms with Gasteiger partial charge in [0.1, 0.15) is 0 Å². The van der Waals surface area contributed by atoms with Gasteiger partial charge in [0, 0.05) is 12.7 Å². The lowest BCUT2D eigenvalue weighted by molar-refractivity contribution is -0.385. The van der Waals surface area contributed by atoms with Gasteiger partial charge in [-0.2, -0.15) is 0 Å². The van der Waals surface area contributed by atoms with E-state index in [1.165, 1.54) is 12.1 Å². The van der Waals surface area contributed by atoms with Gasteiger partial charge in [-0.05, 0) is 12.5 Å². The zero-order valence-electron chi connectivity index (χ0n) is 7.89. The van der Waals surface area contributed by atoms with Crippen LogP contribution in [0.4, 0.5) is 5.69 Å². The second-order valence-corrected chi connectivity index (χ2v) is 3.25. The lowest BCUT2D eigenvalue weighted by Gasteiger charge is -1.99. The van der Waals surface area contributed by atoms with Gasteiger partial charge < -0.3 is 5.11 Å². The summed E-state index contributed by atoms with van der Waals surface area (Å²) in [6, 6.07) is 4.52. The molecule has 15 heavy (non-hydrogen) atoms. The Labute approximate surface area is 92.0 Å². The molecule has 0 fully saturated rings. The van der Waals surface area contributed by atoms with Gasteiger partial charge in [0.05, 0.1) is 15.5 Å². The highest BCUT2D eigenvalue weighted by Gasteiger charge is 2.13. The van der Waals surface area contributed by atoms with Crippen LogP contribution in [-0.2, 0) is 0 Å². The van der Waals surface area contributed by atoms with Crippen LogP contribution in [0.15, 0.2) is 24.3 Å². The fraction of sp³-hybridized carbons (Fsp3) is 0.200. The highest BCUT2D eigenvalue weighted by molar-refractivity contribution is 6.32. The molecule has 0 spiro atoms. The van der Waals surface area contributed by atoms with Gasteiger partial charge >= 0.3 is 0 Å². The van der Waals surface area contributed by atoms with Crippen molar-refractivity contribution < 1.29 is 10.0 Å². The van der Waals surface area contributed by atoms with E-state index >= 15 is 0 Å². The minimum atomic E-state index is -0.482. The van der Waals surface area contributed by atoms with E-state index in [1.54, 1.807) is 18.2 Å². The first-order valence-electron chi connectivity index (χ1n) is 4.37. The van der Waals surface area contributed by atoms with Crippen LogP contribution in [0.2, 0.25) is 5.02 Å². The number of halogens is 1. The van der Waals surface area contributed by atoms with Crippen molar-refractivity contribution in [3.05, 3.63) is 45.0 Å². The number of nitro benzene ring substituents is 1. The van der Waals surface area contributed by atoms with Gasteiger partial charge in [0.25, 0.3) is 5.69 Å². The maximum absolute atomic E-state index is 10.7. The maximum Gasteiger partial charge on any atom is 0.278 e. The Hall–Kier alpha value is -1.39. The molecule has 0 radical (unpaired) electrons. The van der Waals surface area contributed by atoms with Crippen LogP contribution in [0, 0.1) is 10.1 Å². The fourth-order valence-electron chi connectivity index (χ4n) is 1.13. The van der Waals surface area contributed by atoms with Crippen LogP contribution >= 0.6 is 11.6 Å². The zero-order chi connectivity index (χ0) is 11.3. The Morgan fingerprint density at radius 2 is 2.27 bits per heavy atom. The number of nitro groups is 1. The molecular weight excluding hydrogens is 218 g/mol. The Morgan fingerprint density at radius 3 is 2.87 bits per heavy atom. The van der Waals surface area contributed by atoms with Crippen molar-refractivity contribution in [2.45, 2.75) is 6.42 Å². The topological polar surface area (TPSA) is 63.4 Å². The molecule has 0 aliphatic rings. The number of hydrogen-bond acceptors (Lipinski definition) is 3. The van der Waals surface area contributed by atoms with E-state index in [2.05, 4.69) is 0 Å². The third-order valence-corrected chi connectivity index (χ3v) is 2.14. The first-order valence-corrected chi connectivity index (χ1v) is 4.75. The standard InChI is InChI=1S/C10H10ClNO3/c11-9-5-3-6-10(12(14)15)8(9)4-1-2-7-13/h1,3-6,13H,2,7H2. The van der Waals surface area contributed by atoms with Crippen LogP contribution in [0.25, 0.3) is 6.08 Å². The van der Waals surface area contributed by atoms with Crippen molar-refractivity contribution in [3.8, 4) is 0 Å². The van der Waals surface area contributed by atoms with E-state index in [0.29, 0.717) is 17.0 Å². The number of aliphatic hydroxyl groups is 1. The predicted octanol–water partition coefficient (Wildman–Crippen LogP) is 2.64. The van der Waals surface area contributed by atoms with E-state index in [1.807, 2.05) is 0 Å². The van der Waals surface area contributed by atoms with Crippen LogP contribution in [0.3, 0.4) is 0 Å². The second-order valence-electron chi connectivity index (χ2n) is 2.84. The lowest BCUT2D eigenvalue weighted by atomic mass is 10.1. The Balaban J connectivity index is 3.07. The summed E-state index contributed by atoms with van der Waals surface area (Å²) in [5.41, 5.74) is 0.342. The first kappa shape index (κ1) is 11.7. The quantitative estimate of drug-likeness (QED) is 0.635. The first-order chi connectivity index (χ1) is 7.16. The van der Waals surface area contributed by atoms with E-state index < -0.39 is 4.92 Å². The van der Waals surface area contributed by atoms with Gasteiger partial charge in [0.2, 0.25) is 0 Å². The number of benzene rings is 1. The molecule has 0 saturated heterocycles. The van der Waals surface area contributed by atoms with Crippen LogP contribution in [0.5, 0.6) is 0 Å². The highest BCUT2D eigenvalue weighted by atomic mass is 35.5. The van der Waals surface area contributed by atoms with Crippen LogP contribution in [-0.4, -0.2) is 16.6 Å². The molecule has 0 unspecified atom stereocenters. The van der Waals surface area contributed by atoms with E-state index in [0.717, 1.165) is 0 Å². The summed E-state index contributed by atoms with van der Waals surface area (Å²) in [6.45, 7) is 0.00868. The lowest BCUT2D eigenvalue weighted by Crippen LogP contribution is -1.91. The van der Waals surface area contributed by atoms with E-state index in [9.17, 15) is 10.1 Å². The van der Waals surface area contributed by atoms with Gasteiger partial charge in [0.15, 0.2) is 0 Å². The third kappa shape index (κ3) is 3.04. The number of rotatable bonds is 4. The molecule has 0 saturated carbocycles. The minimum absolute atomic E-state index is 0.00868. The van der Waals surface area contributed by atoms with Crippen LogP contribution < -0.4 is 0 Å². The Morgan fingerprint density at radius 1 is 1.53 bits per heavy atom. The average molecular weight is 228 g/mol. The monoisotopic (exact) mass is 227 g/mol. The zero-order valence-corrected chi connectivity index (χ0v) is 8.65. The van der Waals surface area contributed by atoms with Crippen molar-refractivity contribution in [1.82, 2.24) is 0 Å². The predicted molar refractivity (Wildman–Crippen MR) is 58.8 cm³/mol. The molecule has 5 heteroatoms. The third-order valence-electron chi connectivity index (χ3n) is 1.81. The molecule has 0 aromatic heterocycles. The molecule has 1 aromatic carbocycles. The minimum Gasteiger partial charge on any atom is -0.396 e. The molecule has 0 heterocycles. The van der Waals surface area contributed by atoms with Gasteiger partial charge in [-0.3, -0.25) is 10.1 Å². The molecule has 80 valence electrons. The van der Waals surface area contributed by atoms with Gasteiger partial charge in [-0.15, -0.1) is 0 Å². The van der Waals surface area contributed by atoms with E-state index in [4.69, 9.17) is 16.7 Å². The van der Waals surface area contributed by atoms with E-state index in [-0.39, 0.29) is 12.3 Å². The molecule has 4 nitrogen and oxygen atoms in total. The summed E-state index contributed by atoms with van der Waals surface area (Å²) in [6.07, 6.45) is 3.65. The summed E-state index contributed by atoms with van der Waals surface area (Å²) in [5, 5.41) is 19.6. The molecule has 0 amide bonds. The summed E-state index contributed by atoms with van der Waals surface area (Å²) in [5.74, 6) is 0. The molecular formula is C10H10ClNO3. The SMILES string of the molecule is O=[N+]([O-])c1cccc(Cl)c1C=CCCO. The smallest absolute Gasteiger partial charge is 0.278 e. The average Bonchev–Trinajstić information content (AvgIpc) is 2.20. The van der Waals surface area contributed by atoms with Gasteiger partial charge in [-0.25, -0.2) is 0 Å². The van der Waals surface area contributed by atoms with Crippen molar-refractivity contribution in [3.63, 3.8) is 0 Å². The molecule has 0 aliphatic carbocycles. The maximum atomic E-state index is 10.7. The number of hydrogen-bond donors (Lipinski definition) is 1. The molecule has 0 bridgehead atoms. The highest BCUT2D eigenvalue weighted by Crippen LogP contribution is 2.27. The summed E-state index contributed by atoms with van der Waals surface area (Å²) in [4.78, 5) is 10.2. The van der Waals surface area contributed by atoms with Crippen molar-refractivity contribution in [1.29, 1.82) is 0 Å². The molecule has 1 N–H and O–H groups in total. The van der Waals surface area contributed by atoms with Gasteiger partial charge in [-0.1, -0.05) is 29.8 Å². The fourth-order valence-corrected chi connectivity index (χ4v) is 1.36. The van der Waals surface area contributed by atoms with Crippen molar-refractivity contribution >= 4 is 23.4 Å². The van der Waals surface area contributed by atoms with Crippen molar-refractivity contribution in [2.24, 2.45) is 0 Å². The molecule has 0 aliphatic heterocycles. The molecule has 1 rings (SSSR count). The second kappa shape index (κ2) is 5.48. The largest absolute Gasteiger partial charge is 0.396 e. The van der Waals surface area contributed by atoms with Crippen molar-refractivity contribution in [2.75, 3.05) is 6.61 Å². The Kier molecular flexibility index (Phi) is 4.27. The number of nitrogens with zero attached hydrogens (tertiary/aromatic N) is 1. The normalized spacial score (nSPS) is 10.8. The molecule has 0 atom stereocenters. The van der Waals surface area contributed by atoms with Crippen LogP contribution in [0.1, 0.15) is 12.0 Å². The Bertz CT molecular complexity index is 390. The summed E-state index contributed by atoms with van der Waals surface area (Å²) in [7, 11) is 0. The summed E-state index contributed by atoms with van der Waals surface area (Å²) >= 11 is 5.83. The number of aliphatic hydroxyl groups excluding tert-OH is 1.